The number of carbonyl (C=O) groups excluding carboxylic acids is 4. The number of cyclic esters (lactones) is 2. The third kappa shape index (κ3) is 5.37. The first kappa shape index (κ1) is 27.2. The van der Waals surface area contributed by atoms with Crippen molar-refractivity contribution in [2.75, 3.05) is 18.1 Å². The Morgan fingerprint density at radius 3 is 2.73 bits per heavy atom. The van der Waals surface area contributed by atoms with Gasteiger partial charge >= 0.3 is 12.1 Å². The molecule has 0 saturated carbocycles. The molecule has 0 bridgehead atoms. The van der Waals surface area contributed by atoms with Crippen LogP contribution in [0.2, 0.25) is 0 Å². The zero-order valence-electron chi connectivity index (χ0n) is 20.7. The molecule has 0 aliphatic carbocycles. The van der Waals surface area contributed by atoms with Gasteiger partial charge in [0.1, 0.15) is 36.2 Å². The number of ether oxygens (including phenoxy) is 3. The minimum atomic E-state index is -1.49. The molecule has 3 N–H and O–H groups in total. The van der Waals surface area contributed by atoms with E-state index in [2.05, 4.69) is 25.4 Å². The number of esters is 1. The van der Waals surface area contributed by atoms with Gasteiger partial charge in [-0.15, -0.1) is 28.0 Å². The maximum absolute atomic E-state index is 13.3. The smallest absolute Gasteiger partial charge is 0.457 e. The first-order valence-corrected chi connectivity index (χ1v) is 13.7. The van der Waals surface area contributed by atoms with Crippen LogP contribution in [0.5, 0.6) is 0 Å². The number of allylic oxidation sites excluding steroid dienone is 1. The van der Waals surface area contributed by atoms with Gasteiger partial charge < -0.3 is 25.3 Å². The summed E-state index contributed by atoms with van der Waals surface area (Å²) in [7, 11) is 0. The summed E-state index contributed by atoms with van der Waals surface area (Å²) in [6.45, 7) is 1.31. The molecular formula is C23H21N7O8S2. The topological polar surface area (TPSA) is 205 Å². The molecule has 15 nitrogen and oxygen atoms in total. The second kappa shape index (κ2) is 11.4. The maximum atomic E-state index is 13.3. The number of hydrogen-bond acceptors (Lipinski definition) is 15. The van der Waals surface area contributed by atoms with Crippen LogP contribution in [0.4, 0.5) is 9.93 Å². The molecule has 5 atom stereocenters. The van der Waals surface area contributed by atoms with Crippen LogP contribution >= 0.6 is 23.1 Å². The molecule has 3 aliphatic heterocycles. The lowest BCUT2D eigenvalue weighted by Gasteiger charge is -2.49. The molecule has 3 unspecified atom stereocenters. The molecule has 40 heavy (non-hydrogen) atoms. The predicted molar refractivity (Wildman–Crippen MR) is 140 cm³/mol. The van der Waals surface area contributed by atoms with Gasteiger partial charge in [-0.05, 0) is 17.7 Å². The first-order chi connectivity index (χ1) is 19.3. The van der Waals surface area contributed by atoms with Crippen LogP contribution in [-0.2, 0) is 28.6 Å². The Bertz CT molecular complexity index is 1410. The Labute approximate surface area is 234 Å². The molecule has 5 heterocycles. The maximum Gasteiger partial charge on any atom is 0.509 e. The van der Waals surface area contributed by atoms with Gasteiger partial charge in [-0.2, -0.15) is 0 Å². The summed E-state index contributed by atoms with van der Waals surface area (Å²) in [4.78, 5) is 75.2. The molecule has 3 aliphatic rings. The molecule has 0 aromatic carbocycles. The van der Waals surface area contributed by atoms with Crippen LogP contribution in [0.1, 0.15) is 24.2 Å². The Hall–Kier alpha value is -4.38. The van der Waals surface area contributed by atoms with E-state index in [0.717, 1.165) is 11.3 Å². The lowest BCUT2D eigenvalue weighted by atomic mass is 10.0. The van der Waals surface area contributed by atoms with Crippen molar-refractivity contribution in [3.05, 3.63) is 57.6 Å². The van der Waals surface area contributed by atoms with Crippen LogP contribution in [-0.4, -0.2) is 79.8 Å². The molecule has 5 rings (SSSR count). The molecule has 0 spiro atoms. The zero-order chi connectivity index (χ0) is 28.4. The van der Waals surface area contributed by atoms with Crippen LogP contribution in [0.25, 0.3) is 6.08 Å². The van der Waals surface area contributed by atoms with Gasteiger partial charge in [0.2, 0.25) is 6.04 Å². The standard InChI is InChI=1S/C23H21N7O8S2/c1-10-14(38-23(34)37-10)6-36-21(33)17-12(3-2-11-4-25-9-26-5-11)7-39-20-16(19(32)30(17)20)28-18(31)15(29-35)13-8-40-22(24)27-13/h2-5,8-10,14-16,20H,6-7H2,1H3,(H2,24,27)(H,28,31)/t10?,14?,15?,16-,20+/m1/s1. The van der Waals surface area contributed by atoms with Gasteiger partial charge in [0.15, 0.2) is 11.2 Å². The van der Waals surface area contributed by atoms with Crippen molar-refractivity contribution in [2.45, 2.75) is 36.6 Å². The molecule has 2 saturated heterocycles. The number of nitroso groups, excluding NO2 is 1. The van der Waals surface area contributed by atoms with Crippen LogP contribution in [0, 0.1) is 4.91 Å². The number of aromatic nitrogens is 3. The number of nitrogens with two attached hydrogens (primary N) is 1. The van der Waals surface area contributed by atoms with Crippen molar-refractivity contribution >= 4 is 58.2 Å². The van der Waals surface area contributed by atoms with Gasteiger partial charge in [-0.25, -0.2) is 24.5 Å². The van der Waals surface area contributed by atoms with E-state index in [-0.39, 0.29) is 28.9 Å². The van der Waals surface area contributed by atoms with E-state index in [0.29, 0.717) is 11.1 Å². The van der Waals surface area contributed by atoms with Crippen molar-refractivity contribution in [3.8, 4) is 0 Å². The monoisotopic (exact) mass is 587 g/mol. The molecule has 2 fully saturated rings. The van der Waals surface area contributed by atoms with Gasteiger partial charge in [-0.3, -0.25) is 14.5 Å². The summed E-state index contributed by atoms with van der Waals surface area (Å²) in [6, 6.07) is -2.52. The minimum absolute atomic E-state index is 0.0254. The van der Waals surface area contributed by atoms with E-state index in [1.54, 1.807) is 31.5 Å². The first-order valence-electron chi connectivity index (χ1n) is 11.8. The van der Waals surface area contributed by atoms with Gasteiger partial charge in [-0.1, -0.05) is 12.2 Å². The van der Waals surface area contributed by atoms with E-state index in [1.165, 1.54) is 28.4 Å². The SMILES string of the molecule is CC1OC(=O)OC1COC(=O)C1=C(C=Cc2cncnc2)CS[C@H]2[C@H](NC(=O)C(N=O)c3csc(N)n3)C(=O)N12. The van der Waals surface area contributed by atoms with Crippen molar-refractivity contribution in [3.63, 3.8) is 0 Å². The highest BCUT2D eigenvalue weighted by atomic mass is 32.2. The molecule has 2 amide bonds. The number of thiazole rings is 1. The summed E-state index contributed by atoms with van der Waals surface area (Å²) in [5.74, 6) is -1.95. The third-order valence-corrected chi connectivity index (χ3v) is 8.15. The van der Waals surface area contributed by atoms with Crippen molar-refractivity contribution in [2.24, 2.45) is 5.18 Å². The number of β-lactam (4-membered cyclic amide) rings is 1. The van der Waals surface area contributed by atoms with E-state index in [1.807, 2.05) is 0 Å². The highest BCUT2D eigenvalue weighted by Crippen LogP contribution is 2.41. The number of nitrogens with one attached hydrogen (secondary N) is 1. The summed E-state index contributed by atoms with van der Waals surface area (Å²) in [5, 5.41) is 6.32. The second-order valence-electron chi connectivity index (χ2n) is 8.72. The predicted octanol–water partition coefficient (Wildman–Crippen LogP) is 1.16. The van der Waals surface area contributed by atoms with E-state index in [4.69, 9.17) is 19.9 Å². The molecule has 2 aromatic heterocycles. The number of hydrogen-bond donors (Lipinski definition) is 2. The quantitative estimate of drug-likeness (QED) is 0.240. The van der Waals surface area contributed by atoms with Crippen molar-refractivity contribution in [1.29, 1.82) is 0 Å². The fourth-order valence-electron chi connectivity index (χ4n) is 4.12. The zero-order valence-corrected chi connectivity index (χ0v) is 22.3. The highest BCUT2D eigenvalue weighted by Gasteiger charge is 2.55. The number of anilines is 1. The lowest BCUT2D eigenvalue weighted by Crippen LogP contribution is -2.70. The van der Waals surface area contributed by atoms with Gasteiger partial charge in [0.25, 0.3) is 11.8 Å². The number of carbonyl (C=O) groups is 4. The Balaban J connectivity index is 1.35. The van der Waals surface area contributed by atoms with Crippen LogP contribution < -0.4 is 11.1 Å². The number of thioether (sulfide) groups is 1. The Morgan fingerprint density at radius 1 is 1.30 bits per heavy atom. The average molecular weight is 588 g/mol. The van der Waals surface area contributed by atoms with Crippen molar-refractivity contribution in [1.82, 2.24) is 25.2 Å². The highest BCUT2D eigenvalue weighted by molar-refractivity contribution is 8.00. The van der Waals surface area contributed by atoms with Crippen LogP contribution in [0.15, 0.2) is 46.6 Å². The Kier molecular flexibility index (Phi) is 7.74. The molecule has 17 heteroatoms. The van der Waals surface area contributed by atoms with E-state index < -0.39 is 53.6 Å². The van der Waals surface area contributed by atoms with Crippen molar-refractivity contribution < 1.29 is 33.4 Å². The molecular weight excluding hydrogens is 566 g/mol. The number of nitrogen functional groups attached to an aromatic ring is 1. The van der Waals surface area contributed by atoms with Gasteiger partial charge in [0.05, 0.1) is 5.69 Å². The summed E-state index contributed by atoms with van der Waals surface area (Å²) in [6.07, 6.45) is 5.56. The summed E-state index contributed by atoms with van der Waals surface area (Å²) in [5.41, 5.74) is 6.78. The average Bonchev–Trinajstić information content (AvgIpc) is 3.52. The molecule has 0 radical (unpaired) electrons. The normalized spacial score (nSPS) is 24.6. The molecule has 208 valence electrons. The third-order valence-electron chi connectivity index (χ3n) is 6.15. The number of amides is 2. The fourth-order valence-corrected chi connectivity index (χ4v) is 6.02. The van der Waals surface area contributed by atoms with E-state index >= 15 is 0 Å². The van der Waals surface area contributed by atoms with Gasteiger partial charge in [0, 0.05) is 29.1 Å². The molecule has 2 aromatic rings. The number of rotatable bonds is 9. The Morgan fingerprint density at radius 2 is 2.08 bits per heavy atom. The largest absolute Gasteiger partial charge is 0.509 e. The fraction of sp³-hybridized carbons (Fsp3) is 0.348. The van der Waals surface area contributed by atoms with E-state index in [9.17, 15) is 24.1 Å². The lowest BCUT2D eigenvalue weighted by molar-refractivity contribution is -0.154. The number of nitrogens with zero attached hydrogens (tertiary/aromatic N) is 5. The second-order valence-corrected chi connectivity index (χ2v) is 10.7. The summed E-state index contributed by atoms with van der Waals surface area (Å²) >= 11 is 2.35. The van der Waals surface area contributed by atoms with Crippen LogP contribution in [0.3, 0.4) is 0 Å². The summed E-state index contributed by atoms with van der Waals surface area (Å²) < 4.78 is 15.3. The number of fused-ring (bicyclic) bond motifs is 1. The minimum Gasteiger partial charge on any atom is -0.457 e.